The third-order valence-electron chi connectivity index (χ3n) is 3.13. The summed E-state index contributed by atoms with van der Waals surface area (Å²) in [5.74, 6) is 1.92. The molecule has 1 fully saturated rings. The first-order valence-corrected chi connectivity index (χ1v) is 5.56. The molecule has 1 aliphatic rings. The van der Waals surface area contributed by atoms with E-state index in [4.69, 9.17) is 0 Å². The Balaban J connectivity index is 2.38. The van der Waals surface area contributed by atoms with Crippen molar-refractivity contribution in [2.45, 2.75) is 52.5 Å². The van der Waals surface area contributed by atoms with E-state index in [2.05, 4.69) is 26.1 Å². The van der Waals surface area contributed by atoms with Gasteiger partial charge in [0.15, 0.2) is 0 Å². The Morgan fingerprint density at radius 3 is 2.08 bits per heavy atom. The second-order valence-electron chi connectivity index (χ2n) is 4.00. The highest BCUT2D eigenvalue weighted by molar-refractivity contribution is 4.89. The van der Waals surface area contributed by atoms with Gasteiger partial charge in [-0.25, -0.2) is 0 Å². The summed E-state index contributed by atoms with van der Waals surface area (Å²) in [6.07, 6.45) is 5.61. The minimum absolute atomic E-state index is 0.824. The van der Waals surface area contributed by atoms with Crippen LogP contribution in [0.3, 0.4) is 0 Å². The maximum Gasteiger partial charge on any atom is 0.0123 e. The average Bonchev–Trinajstić information content (AvgIpc) is 2.88. The van der Waals surface area contributed by atoms with Crippen LogP contribution < -0.4 is 5.32 Å². The molecule has 1 atom stereocenters. The smallest absolute Gasteiger partial charge is 0.0123 e. The largest absolute Gasteiger partial charge is 0.314 e. The molecule has 1 aliphatic carbocycles. The predicted molar refractivity (Wildman–Crippen MR) is 54.3 cm³/mol. The van der Waals surface area contributed by atoms with E-state index in [9.17, 15) is 0 Å². The number of nitrogens with one attached hydrogen (secondary N) is 1. The SMILES string of the molecule is CCNC(C(CC)CC)C1CC1. The highest BCUT2D eigenvalue weighted by Gasteiger charge is 2.34. The zero-order valence-electron chi connectivity index (χ0n) is 8.77. The predicted octanol–water partition coefficient (Wildman–Crippen LogP) is 2.81. The van der Waals surface area contributed by atoms with Crippen molar-refractivity contribution in [3.05, 3.63) is 0 Å². The van der Waals surface area contributed by atoms with E-state index >= 15 is 0 Å². The van der Waals surface area contributed by atoms with Gasteiger partial charge in [-0.1, -0.05) is 33.6 Å². The molecule has 1 nitrogen and oxygen atoms in total. The van der Waals surface area contributed by atoms with Crippen molar-refractivity contribution < 1.29 is 0 Å². The van der Waals surface area contributed by atoms with Gasteiger partial charge in [0.05, 0.1) is 0 Å². The van der Waals surface area contributed by atoms with E-state index in [0.29, 0.717) is 0 Å². The van der Waals surface area contributed by atoms with Crippen LogP contribution in [-0.4, -0.2) is 12.6 Å². The molecule has 72 valence electrons. The van der Waals surface area contributed by atoms with Crippen molar-refractivity contribution in [2.24, 2.45) is 11.8 Å². The Morgan fingerprint density at radius 1 is 1.17 bits per heavy atom. The van der Waals surface area contributed by atoms with Crippen molar-refractivity contribution in [1.29, 1.82) is 0 Å². The summed E-state index contributed by atoms with van der Waals surface area (Å²) in [4.78, 5) is 0. The average molecular weight is 169 g/mol. The summed E-state index contributed by atoms with van der Waals surface area (Å²) in [5, 5.41) is 3.65. The minimum atomic E-state index is 0.824. The fraction of sp³-hybridized carbons (Fsp3) is 1.00. The Bertz CT molecular complexity index is 114. The molecular weight excluding hydrogens is 146 g/mol. The molecule has 1 rings (SSSR count). The quantitative estimate of drug-likeness (QED) is 0.644. The molecule has 1 heteroatoms. The second kappa shape index (κ2) is 4.86. The zero-order valence-corrected chi connectivity index (χ0v) is 8.77. The molecule has 12 heavy (non-hydrogen) atoms. The molecule has 0 heterocycles. The highest BCUT2D eigenvalue weighted by Crippen LogP contribution is 2.37. The van der Waals surface area contributed by atoms with Crippen LogP contribution in [0.25, 0.3) is 0 Å². The number of hydrogen-bond donors (Lipinski definition) is 1. The van der Waals surface area contributed by atoms with Gasteiger partial charge in [0.2, 0.25) is 0 Å². The van der Waals surface area contributed by atoms with Crippen molar-refractivity contribution in [3.63, 3.8) is 0 Å². The maximum atomic E-state index is 3.65. The summed E-state index contributed by atoms with van der Waals surface area (Å²) in [7, 11) is 0. The van der Waals surface area contributed by atoms with Crippen LogP contribution in [0.2, 0.25) is 0 Å². The number of rotatable bonds is 6. The van der Waals surface area contributed by atoms with Gasteiger partial charge >= 0.3 is 0 Å². The van der Waals surface area contributed by atoms with Gasteiger partial charge in [0.1, 0.15) is 0 Å². The van der Waals surface area contributed by atoms with Gasteiger partial charge in [-0.3, -0.25) is 0 Å². The van der Waals surface area contributed by atoms with Crippen molar-refractivity contribution in [2.75, 3.05) is 6.54 Å². The Labute approximate surface area is 76.9 Å². The molecule has 0 aromatic carbocycles. The van der Waals surface area contributed by atoms with Crippen molar-refractivity contribution in [1.82, 2.24) is 5.32 Å². The zero-order chi connectivity index (χ0) is 8.97. The Morgan fingerprint density at radius 2 is 1.75 bits per heavy atom. The van der Waals surface area contributed by atoms with Crippen LogP contribution in [0, 0.1) is 11.8 Å². The lowest BCUT2D eigenvalue weighted by Gasteiger charge is -2.25. The molecule has 1 N–H and O–H groups in total. The Hall–Kier alpha value is -0.0400. The van der Waals surface area contributed by atoms with Gasteiger partial charge < -0.3 is 5.32 Å². The first kappa shape index (κ1) is 10.0. The molecule has 0 aliphatic heterocycles. The van der Waals surface area contributed by atoms with E-state index in [1.165, 1.54) is 25.7 Å². The molecule has 0 saturated heterocycles. The molecule has 0 amide bonds. The van der Waals surface area contributed by atoms with E-state index in [1.807, 2.05) is 0 Å². The van der Waals surface area contributed by atoms with Gasteiger partial charge in [-0.05, 0) is 31.2 Å². The van der Waals surface area contributed by atoms with Gasteiger partial charge in [-0.15, -0.1) is 0 Å². The lowest BCUT2D eigenvalue weighted by Crippen LogP contribution is -2.37. The lowest BCUT2D eigenvalue weighted by atomic mass is 9.91. The van der Waals surface area contributed by atoms with Crippen LogP contribution in [-0.2, 0) is 0 Å². The van der Waals surface area contributed by atoms with Crippen LogP contribution >= 0.6 is 0 Å². The monoisotopic (exact) mass is 169 g/mol. The molecule has 1 unspecified atom stereocenters. The second-order valence-corrected chi connectivity index (χ2v) is 4.00. The molecule has 0 aromatic rings. The number of hydrogen-bond acceptors (Lipinski definition) is 1. The minimum Gasteiger partial charge on any atom is -0.314 e. The first-order valence-electron chi connectivity index (χ1n) is 5.56. The fourth-order valence-electron chi connectivity index (χ4n) is 2.21. The molecule has 0 radical (unpaired) electrons. The molecule has 1 saturated carbocycles. The fourth-order valence-corrected chi connectivity index (χ4v) is 2.21. The van der Waals surface area contributed by atoms with Gasteiger partial charge in [0, 0.05) is 6.04 Å². The van der Waals surface area contributed by atoms with Crippen molar-refractivity contribution >= 4 is 0 Å². The van der Waals surface area contributed by atoms with E-state index in [1.54, 1.807) is 0 Å². The topological polar surface area (TPSA) is 12.0 Å². The lowest BCUT2D eigenvalue weighted by molar-refractivity contribution is 0.308. The maximum absolute atomic E-state index is 3.65. The van der Waals surface area contributed by atoms with E-state index in [-0.39, 0.29) is 0 Å². The normalized spacial score (nSPS) is 20.0. The third-order valence-corrected chi connectivity index (χ3v) is 3.13. The Kier molecular flexibility index (Phi) is 4.07. The summed E-state index contributed by atoms with van der Waals surface area (Å²) in [5.41, 5.74) is 0. The summed E-state index contributed by atoms with van der Waals surface area (Å²) >= 11 is 0. The summed E-state index contributed by atoms with van der Waals surface area (Å²) in [6.45, 7) is 8.00. The van der Waals surface area contributed by atoms with Crippen molar-refractivity contribution in [3.8, 4) is 0 Å². The van der Waals surface area contributed by atoms with Crippen LogP contribution in [0.5, 0.6) is 0 Å². The van der Waals surface area contributed by atoms with Crippen LogP contribution in [0.15, 0.2) is 0 Å². The summed E-state index contributed by atoms with van der Waals surface area (Å²) < 4.78 is 0. The molecule has 0 bridgehead atoms. The standard InChI is InChI=1S/C11H23N/c1-4-9(5-2)11(12-6-3)10-7-8-10/h9-12H,4-8H2,1-3H3. The summed E-state index contributed by atoms with van der Waals surface area (Å²) in [6, 6.07) is 0.824. The molecule has 0 spiro atoms. The third kappa shape index (κ3) is 2.48. The van der Waals surface area contributed by atoms with Crippen LogP contribution in [0.1, 0.15) is 46.5 Å². The molecular formula is C11H23N. The van der Waals surface area contributed by atoms with E-state index < -0.39 is 0 Å². The first-order chi connectivity index (χ1) is 5.83. The van der Waals surface area contributed by atoms with Gasteiger partial charge in [0.25, 0.3) is 0 Å². The van der Waals surface area contributed by atoms with Gasteiger partial charge in [-0.2, -0.15) is 0 Å². The molecule has 0 aromatic heterocycles. The highest BCUT2D eigenvalue weighted by atomic mass is 14.9. The van der Waals surface area contributed by atoms with Crippen LogP contribution in [0.4, 0.5) is 0 Å². The van der Waals surface area contributed by atoms with E-state index in [0.717, 1.165) is 24.4 Å².